The fraction of sp³-hybridized carbons (Fsp3) is 0.409. The summed E-state index contributed by atoms with van der Waals surface area (Å²) in [5.41, 5.74) is 2.62. The summed E-state index contributed by atoms with van der Waals surface area (Å²) in [5, 5.41) is 18.0. The van der Waals surface area contributed by atoms with Gasteiger partial charge >= 0.3 is 0 Å². The van der Waals surface area contributed by atoms with E-state index >= 15 is 0 Å². The molecule has 3 aromatic rings. The lowest BCUT2D eigenvalue weighted by molar-refractivity contribution is 0.577. The molecule has 170 valence electrons. The van der Waals surface area contributed by atoms with Gasteiger partial charge < -0.3 is 20.6 Å². The van der Waals surface area contributed by atoms with E-state index in [-0.39, 0.29) is 24.0 Å². The highest BCUT2D eigenvalue weighted by Crippen LogP contribution is 2.27. The molecule has 0 saturated heterocycles. The molecule has 1 aromatic carbocycles. The molecule has 0 aliphatic heterocycles. The lowest BCUT2D eigenvalue weighted by Gasteiger charge is -2.22. The zero-order chi connectivity index (χ0) is 23.7. The summed E-state index contributed by atoms with van der Waals surface area (Å²) in [5.74, 6) is 0.353. The standard InChI is InChI=1S/C22H28N7O2S/c1-13-10-17-15(8-7-9-24-17)11-16(13)26-18(19(23)22(3,4)5)21-27-20(28-29-21)14(2)12-25-32(6,30)31/h7-11,14,23,25H,12H2,1-6H3/q-1. The van der Waals surface area contributed by atoms with Gasteiger partial charge in [0.15, 0.2) is 0 Å². The summed E-state index contributed by atoms with van der Waals surface area (Å²) in [4.78, 5) is 13.7. The predicted octanol–water partition coefficient (Wildman–Crippen LogP) is 3.13. The van der Waals surface area contributed by atoms with Gasteiger partial charge in [-0.25, -0.2) is 18.1 Å². The zero-order valence-electron chi connectivity index (χ0n) is 19.1. The number of fused-ring (bicyclic) bond motifs is 1. The van der Waals surface area contributed by atoms with Gasteiger partial charge in [0.1, 0.15) is 0 Å². The second kappa shape index (κ2) is 8.87. The van der Waals surface area contributed by atoms with Gasteiger partial charge in [-0.2, -0.15) is 0 Å². The van der Waals surface area contributed by atoms with Gasteiger partial charge in [-0.05, 0) is 42.4 Å². The Bertz CT molecular complexity index is 1290. The van der Waals surface area contributed by atoms with Crippen LogP contribution in [0.5, 0.6) is 0 Å². The van der Waals surface area contributed by atoms with Gasteiger partial charge in [0.25, 0.3) is 0 Å². The van der Waals surface area contributed by atoms with E-state index in [2.05, 4.69) is 24.9 Å². The van der Waals surface area contributed by atoms with Crippen molar-refractivity contribution in [3.63, 3.8) is 0 Å². The first kappa shape index (κ1) is 23.7. The van der Waals surface area contributed by atoms with Gasteiger partial charge in [-0.3, -0.25) is 4.98 Å². The van der Waals surface area contributed by atoms with Crippen molar-refractivity contribution in [2.24, 2.45) is 10.4 Å². The Morgan fingerprint density at radius 3 is 2.66 bits per heavy atom. The van der Waals surface area contributed by atoms with E-state index in [0.29, 0.717) is 17.2 Å². The van der Waals surface area contributed by atoms with Crippen LogP contribution in [0.15, 0.2) is 35.5 Å². The Morgan fingerprint density at radius 2 is 2.00 bits per heavy atom. The average molecular weight is 455 g/mol. The molecule has 1 atom stereocenters. The van der Waals surface area contributed by atoms with E-state index in [0.717, 1.165) is 22.7 Å². The summed E-state index contributed by atoms with van der Waals surface area (Å²) in [6, 6.07) is 7.72. The SMILES string of the molecule is Cc1cc2ncccc2cc1N=C(C(=N)C(C)(C)C)c1nnc(C(C)CNS(C)(=O)=O)[n-]1. The Hall–Kier alpha value is -2.98. The Morgan fingerprint density at radius 1 is 1.28 bits per heavy atom. The normalized spacial score (nSPS) is 14.0. The molecule has 2 heterocycles. The van der Waals surface area contributed by atoms with Gasteiger partial charge in [0.2, 0.25) is 10.0 Å². The lowest BCUT2D eigenvalue weighted by Crippen LogP contribution is -2.30. The van der Waals surface area contributed by atoms with Crippen molar-refractivity contribution in [2.45, 2.75) is 40.5 Å². The highest BCUT2D eigenvalue weighted by Gasteiger charge is 2.24. The van der Waals surface area contributed by atoms with Gasteiger partial charge in [0, 0.05) is 29.4 Å². The maximum atomic E-state index is 11.4. The third kappa shape index (κ3) is 5.63. The van der Waals surface area contributed by atoms with Crippen molar-refractivity contribution in [1.82, 2.24) is 24.9 Å². The molecule has 0 bridgehead atoms. The van der Waals surface area contributed by atoms with Crippen LogP contribution >= 0.6 is 0 Å². The largest absolute Gasteiger partial charge is 0.360 e. The minimum absolute atomic E-state index is 0.157. The molecule has 0 amide bonds. The van der Waals surface area contributed by atoms with E-state index in [1.54, 1.807) is 6.20 Å². The van der Waals surface area contributed by atoms with Crippen LogP contribution in [0.25, 0.3) is 10.9 Å². The van der Waals surface area contributed by atoms with E-state index in [1.165, 1.54) is 0 Å². The fourth-order valence-electron chi connectivity index (χ4n) is 2.96. The van der Waals surface area contributed by atoms with E-state index in [1.807, 2.05) is 58.9 Å². The van der Waals surface area contributed by atoms with Crippen LogP contribution in [0.1, 0.15) is 50.8 Å². The van der Waals surface area contributed by atoms with Crippen molar-refractivity contribution < 1.29 is 8.42 Å². The monoisotopic (exact) mass is 454 g/mol. The molecule has 10 heteroatoms. The predicted molar refractivity (Wildman–Crippen MR) is 126 cm³/mol. The third-order valence-corrected chi connectivity index (χ3v) is 5.60. The van der Waals surface area contributed by atoms with Crippen molar-refractivity contribution >= 4 is 38.0 Å². The van der Waals surface area contributed by atoms with Crippen molar-refractivity contribution in [1.29, 1.82) is 5.41 Å². The molecule has 9 nitrogen and oxygen atoms in total. The number of nitrogens with one attached hydrogen (secondary N) is 2. The number of aromatic nitrogens is 4. The number of rotatable bonds is 7. The Kier molecular flexibility index (Phi) is 6.56. The van der Waals surface area contributed by atoms with E-state index in [4.69, 9.17) is 10.4 Å². The first-order valence-electron chi connectivity index (χ1n) is 10.2. The topological polar surface area (TPSA) is 135 Å². The van der Waals surface area contributed by atoms with Crippen LogP contribution in [-0.4, -0.2) is 47.8 Å². The van der Waals surface area contributed by atoms with Crippen molar-refractivity contribution in [2.75, 3.05) is 12.8 Å². The van der Waals surface area contributed by atoms with Crippen LogP contribution < -0.4 is 9.71 Å². The zero-order valence-corrected chi connectivity index (χ0v) is 19.9. The summed E-state index contributed by atoms with van der Waals surface area (Å²) in [7, 11) is -3.32. The minimum Gasteiger partial charge on any atom is -0.360 e. The number of sulfonamides is 1. The number of benzene rings is 1. The number of hydrogen-bond acceptors (Lipinski definition) is 7. The van der Waals surface area contributed by atoms with Crippen LogP contribution in [0, 0.1) is 17.7 Å². The van der Waals surface area contributed by atoms with Crippen LogP contribution in [0.4, 0.5) is 5.69 Å². The second-order valence-electron chi connectivity index (χ2n) is 8.94. The smallest absolute Gasteiger partial charge is 0.208 e. The summed E-state index contributed by atoms with van der Waals surface area (Å²) >= 11 is 0. The Balaban J connectivity index is 2.04. The lowest BCUT2D eigenvalue weighted by atomic mass is 9.86. The molecular weight excluding hydrogens is 426 g/mol. The number of aryl methyl sites for hydroxylation is 1. The van der Waals surface area contributed by atoms with Gasteiger partial charge in [-0.15, -0.1) is 0 Å². The molecule has 3 rings (SSSR count). The third-order valence-electron chi connectivity index (χ3n) is 4.91. The molecule has 0 fully saturated rings. The summed E-state index contributed by atoms with van der Waals surface area (Å²) < 4.78 is 25.2. The summed E-state index contributed by atoms with van der Waals surface area (Å²) in [6.07, 6.45) is 2.85. The molecule has 0 aliphatic rings. The maximum Gasteiger partial charge on any atom is 0.208 e. The van der Waals surface area contributed by atoms with Crippen LogP contribution in [0.3, 0.4) is 0 Å². The van der Waals surface area contributed by atoms with Crippen LogP contribution in [-0.2, 0) is 10.0 Å². The number of aliphatic imine (C=N–C) groups is 1. The highest BCUT2D eigenvalue weighted by atomic mass is 32.2. The van der Waals surface area contributed by atoms with E-state index < -0.39 is 15.4 Å². The second-order valence-corrected chi connectivity index (χ2v) is 10.8. The molecule has 32 heavy (non-hydrogen) atoms. The van der Waals surface area contributed by atoms with E-state index in [9.17, 15) is 8.42 Å². The molecular formula is C22H28N7O2S-. The number of hydrogen-bond donors (Lipinski definition) is 2. The van der Waals surface area contributed by atoms with Crippen LogP contribution in [0.2, 0.25) is 0 Å². The minimum atomic E-state index is -3.32. The first-order valence-corrected chi connectivity index (χ1v) is 12.1. The summed E-state index contributed by atoms with van der Waals surface area (Å²) in [6.45, 7) is 9.70. The quantitative estimate of drug-likeness (QED) is 0.527. The highest BCUT2D eigenvalue weighted by molar-refractivity contribution is 7.88. The maximum absolute atomic E-state index is 11.4. The molecule has 0 saturated carbocycles. The molecule has 1 unspecified atom stereocenters. The molecule has 2 N–H and O–H groups in total. The first-order chi connectivity index (χ1) is 14.8. The number of nitrogens with zero attached hydrogens (tertiary/aromatic N) is 5. The van der Waals surface area contributed by atoms with Crippen molar-refractivity contribution in [3.8, 4) is 0 Å². The molecule has 0 radical (unpaired) electrons. The average Bonchev–Trinajstić information content (AvgIpc) is 3.18. The van der Waals surface area contributed by atoms with Crippen molar-refractivity contribution in [3.05, 3.63) is 47.7 Å². The molecule has 0 spiro atoms. The number of pyridine rings is 1. The molecule has 2 aromatic heterocycles. The Labute approximate surface area is 188 Å². The molecule has 0 aliphatic carbocycles. The van der Waals surface area contributed by atoms with Gasteiger partial charge in [-0.1, -0.05) is 33.8 Å². The van der Waals surface area contributed by atoms with Gasteiger partial charge in [0.05, 0.1) is 28.9 Å². The fourth-order valence-corrected chi connectivity index (χ4v) is 3.51.